The number of carbonyl (C=O) groups excluding carboxylic acids is 2. The van der Waals surface area contributed by atoms with Crippen molar-refractivity contribution in [2.24, 2.45) is 11.7 Å². The Morgan fingerprint density at radius 3 is 2.14 bits per heavy atom. The number of likely N-dealkylation sites (N-methyl/N-ethyl adjacent to an activating group) is 1. The molecule has 0 rings (SSSR count). The number of nitrogens with zero attached hydrogens (tertiary/aromatic N) is 1. The molecule has 0 aromatic heterocycles. The number of hydrogen-bond donors (Lipinski definition) is 2. The molecule has 3 N–H and O–H groups in total. The summed E-state index contributed by atoms with van der Waals surface area (Å²) < 4.78 is 0. The van der Waals surface area contributed by atoms with E-state index in [1.165, 1.54) is 4.90 Å². The van der Waals surface area contributed by atoms with Crippen LogP contribution in [0.4, 0.5) is 4.79 Å². The zero-order chi connectivity index (χ0) is 11.3. The van der Waals surface area contributed by atoms with Crippen LogP contribution in [-0.2, 0) is 4.79 Å². The molecule has 0 saturated carbocycles. The van der Waals surface area contributed by atoms with Gasteiger partial charge in [0.1, 0.15) is 6.04 Å². The fraction of sp³-hybridized carbons (Fsp3) is 0.778. The van der Waals surface area contributed by atoms with E-state index in [0.717, 1.165) is 0 Å². The van der Waals surface area contributed by atoms with Gasteiger partial charge in [-0.2, -0.15) is 0 Å². The Bertz CT molecular complexity index is 214. The summed E-state index contributed by atoms with van der Waals surface area (Å²) >= 11 is 0. The second-order valence-electron chi connectivity index (χ2n) is 3.92. The van der Waals surface area contributed by atoms with E-state index in [-0.39, 0.29) is 5.91 Å². The maximum absolute atomic E-state index is 11.6. The van der Waals surface area contributed by atoms with E-state index in [0.29, 0.717) is 12.3 Å². The molecule has 14 heavy (non-hydrogen) atoms. The van der Waals surface area contributed by atoms with Crippen molar-refractivity contribution in [2.45, 2.75) is 26.3 Å². The molecule has 82 valence electrons. The summed E-state index contributed by atoms with van der Waals surface area (Å²) in [4.78, 5) is 23.7. The van der Waals surface area contributed by atoms with Gasteiger partial charge in [-0.3, -0.25) is 4.79 Å². The number of primary amides is 1. The minimum atomic E-state index is -0.661. The van der Waals surface area contributed by atoms with E-state index in [1.54, 1.807) is 14.1 Å². The molecule has 0 fully saturated rings. The molecule has 3 amide bonds. The number of nitrogens with one attached hydrogen (secondary N) is 1. The SMILES string of the molecule is CC(C)CC(NC(N)=O)C(=O)N(C)C. The third kappa shape index (κ3) is 4.69. The van der Waals surface area contributed by atoms with Crippen LogP contribution in [0.5, 0.6) is 0 Å². The molecule has 5 heteroatoms. The van der Waals surface area contributed by atoms with Gasteiger partial charge in [0.25, 0.3) is 0 Å². The van der Waals surface area contributed by atoms with Crippen molar-refractivity contribution >= 4 is 11.9 Å². The molecule has 0 saturated heterocycles. The van der Waals surface area contributed by atoms with Crippen LogP contribution in [0.3, 0.4) is 0 Å². The molecule has 0 radical (unpaired) electrons. The van der Waals surface area contributed by atoms with Gasteiger partial charge in [-0.1, -0.05) is 13.8 Å². The predicted octanol–water partition coefficient (Wildman–Crippen LogP) is 0.158. The van der Waals surface area contributed by atoms with Crippen LogP contribution in [0, 0.1) is 5.92 Å². The summed E-state index contributed by atoms with van der Waals surface area (Å²) in [5, 5.41) is 2.44. The third-order valence-corrected chi connectivity index (χ3v) is 1.76. The maximum atomic E-state index is 11.6. The topological polar surface area (TPSA) is 75.4 Å². The molecule has 0 aromatic carbocycles. The number of hydrogen-bond acceptors (Lipinski definition) is 2. The molecule has 0 heterocycles. The van der Waals surface area contributed by atoms with Gasteiger partial charge in [-0.25, -0.2) is 4.79 Å². The first-order valence-electron chi connectivity index (χ1n) is 4.61. The molecular formula is C9H19N3O2. The molecule has 0 spiro atoms. The van der Waals surface area contributed by atoms with E-state index in [4.69, 9.17) is 5.73 Å². The smallest absolute Gasteiger partial charge is 0.312 e. The van der Waals surface area contributed by atoms with Gasteiger partial charge < -0.3 is 16.0 Å². The number of amides is 3. The van der Waals surface area contributed by atoms with Gasteiger partial charge in [0.05, 0.1) is 0 Å². The normalized spacial score (nSPS) is 12.4. The average Bonchev–Trinajstić information content (AvgIpc) is 1.99. The van der Waals surface area contributed by atoms with Crippen molar-refractivity contribution in [1.29, 1.82) is 0 Å². The van der Waals surface area contributed by atoms with Crippen molar-refractivity contribution in [3.8, 4) is 0 Å². The highest BCUT2D eigenvalue weighted by Crippen LogP contribution is 2.06. The predicted molar refractivity (Wildman–Crippen MR) is 54.7 cm³/mol. The lowest BCUT2D eigenvalue weighted by Gasteiger charge is -2.22. The van der Waals surface area contributed by atoms with Crippen LogP contribution < -0.4 is 11.1 Å². The van der Waals surface area contributed by atoms with Crippen molar-refractivity contribution < 1.29 is 9.59 Å². The van der Waals surface area contributed by atoms with Crippen LogP contribution in [0.15, 0.2) is 0 Å². The van der Waals surface area contributed by atoms with Gasteiger partial charge in [-0.15, -0.1) is 0 Å². The van der Waals surface area contributed by atoms with Crippen molar-refractivity contribution in [2.75, 3.05) is 14.1 Å². The molecule has 1 unspecified atom stereocenters. The van der Waals surface area contributed by atoms with Gasteiger partial charge in [0.15, 0.2) is 0 Å². The van der Waals surface area contributed by atoms with Crippen molar-refractivity contribution in [3.63, 3.8) is 0 Å². The van der Waals surface area contributed by atoms with Crippen molar-refractivity contribution in [3.05, 3.63) is 0 Å². The van der Waals surface area contributed by atoms with E-state index in [2.05, 4.69) is 5.32 Å². The zero-order valence-electron chi connectivity index (χ0n) is 9.20. The van der Waals surface area contributed by atoms with Crippen LogP contribution in [0.1, 0.15) is 20.3 Å². The summed E-state index contributed by atoms with van der Waals surface area (Å²) in [5.41, 5.74) is 4.99. The molecular weight excluding hydrogens is 182 g/mol. The molecule has 0 aliphatic carbocycles. The molecule has 0 aliphatic rings. The fourth-order valence-corrected chi connectivity index (χ4v) is 1.18. The highest BCUT2D eigenvalue weighted by atomic mass is 16.2. The summed E-state index contributed by atoms with van der Waals surface area (Å²) in [6.07, 6.45) is 0.597. The van der Waals surface area contributed by atoms with E-state index in [1.807, 2.05) is 13.8 Å². The number of nitrogens with two attached hydrogens (primary N) is 1. The highest BCUT2D eigenvalue weighted by Gasteiger charge is 2.22. The molecule has 0 aliphatic heterocycles. The number of rotatable bonds is 4. The summed E-state index contributed by atoms with van der Waals surface area (Å²) in [6, 6.07) is -1.17. The average molecular weight is 201 g/mol. The molecule has 5 nitrogen and oxygen atoms in total. The largest absolute Gasteiger partial charge is 0.352 e. The summed E-state index contributed by atoms with van der Waals surface area (Å²) in [5.74, 6) is 0.202. The van der Waals surface area contributed by atoms with Crippen molar-refractivity contribution in [1.82, 2.24) is 10.2 Å². The van der Waals surface area contributed by atoms with Crippen LogP contribution >= 0.6 is 0 Å². The van der Waals surface area contributed by atoms with Gasteiger partial charge in [0.2, 0.25) is 5.91 Å². The highest BCUT2D eigenvalue weighted by molar-refractivity contribution is 5.86. The van der Waals surface area contributed by atoms with Crippen LogP contribution in [0.2, 0.25) is 0 Å². The Hall–Kier alpha value is -1.26. The monoisotopic (exact) mass is 201 g/mol. The summed E-state index contributed by atoms with van der Waals surface area (Å²) in [7, 11) is 3.30. The lowest BCUT2D eigenvalue weighted by Crippen LogP contribution is -2.48. The minimum absolute atomic E-state index is 0.127. The Morgan fingerprint density at radius 1 is 1.36 bits per heavy atom. The lowest BCUT2D eigenvalue weighted by atomic mass is 10.0. The fourth-order valence-electron chi connectivity index (χ4n) is 1.18. The van der Waals surface area contributed by atoms with Crippen LogP contribution in [0.25, 0.3) is 0 Å². The molecule has 1 atom stereocenters. The van der Waals surface area contributed by atoms with Gasteiger partial charge in [0, 0.05) is 14.1 Å². The first-order chi connectivity index (χ1) is 6.34. The zero-order valence-corrected chi connectivity index (χ0v) is 9.20. The number of carbonyl (C=O) groups is 2. The molecule has 0 aromatic rings. The van der Waals surface area contributed by atoms with Gasteiger partial charge >= 0.3 is 6.03 Å². The third-order valence-electron chi connectivity index (χ3n) is 1.76. The van der Waals surface area contributed by atoms with E-state index < -0.39 is 12.1 Å². The Labute approximate surface area is 84.6 Å². The first-order valence-corrected chi connectivity index (χ1v) is 4.61. The first kappa shape index (κ1) is 12.7. The number of urea groups is 1. The Kier molecular flexibility index (Phi) is 4.97. The van der Waals surface area contributed by atoms with E-state index in [9.17, 15) is 9.59 Å². The van der Waals surface area contributed by atoms with Crippen LogP contribution in [-0.4, -0.2) is 37.0 Å². The quantitative estimate of drug-likeness (QED) is 0.679. The second-order valence-corrected chi connectivity index (χ2v) is 3.92. The lowest BCUT2D eigenvalue weighted by molar-refractivity contribution is -0.131. The van der Waals surface area contributed by atoms with E-state index >= 15 is 0 Å². The maximum Gasteiger partial charge on any atom is 0.312 e. The summed E-state index contributed by atoms with van der Waals surface area (Å²) in [6.45, 7) is 3.97. The second kappa shape index (κ2) is 5.47. The Balaban J connectivity index is 4.38. The minimum Gasteiger partial charge on any atom is -0.352 e. The standard InChI is InChI=1S/C9H19N3O2/c1-6(2)5-7(11-9(10)14)8(13)12(3)4/h6-7H,5H2,1-4H3,(H3,10,11,14). The Morgan fingerprint density at radius 2 is 1.86 bits per heavy atom. The van der Waals surface area contributed by atoms with Gasteiger partial charge in [-0.05, 0) is 12.3 Å². The molecule has 0 bridgehead atoms.